The van der Waals surface area contributed by atoms with Gasteiger partial charge < -0.3 is 0 Å². The third-order valence-corrected chi connectivity index (χ3v) is 1.71. The maximum atomic E-state index is 12.0. The van der Waals surface area contributed by atoms with Crippen molar-refractivity contribution in [3.05, 3.63) is 28.5 Å². The Morgan fingerprint density at radius 3 is 2.33 bits per heavy atom. The summed E-state index contributed by atoms with van der Waals surface area (Å²) in [6.07, 6.45) is -4.39. The Morgan fingerprint density at radius 1 is 1.33 bits per heavy atom. The lowest BCUT2D eigenvalue weighted by atomic mass is 10.3. The molecule has 0 unspecified atom stereocenters. The molecule has 1 aromatic heterocycles. The zero-order valence-electron chi connectivity index (χ0n) is 6.11. The van der Waals surface area contributed by atoms with Gasteiger partial charge in [-0.2, -0.15) is 13.2 Å². The fourth-order valence-electron chi connectivity index (χ4n) is 0.702. The van der Waals surface area contributed by atoms with Crippen molar-refractivity contribution >= 4 is 11.6 Å². The van der Waals surface area contributed by atoms with Crippen molar-refractivity contribution in [3.8, 4) is 0 Å². The molecule has 0 N–H and O–H groups in total. The average molecular weight is 196 g/mol. The summed E-state index contributed by atoms with van der Waals surface area (Å²) in [6.45, 7) is 1.43. The van der Waals surface area contributed by atoms with Crippen LogP contribution in [0.25, 0.3) is 0 Å². The van der Waals surface area contributed by atoms with Crippen LogP contribution in [-0.2, 0) is 6.18 Å². The lowest BCUT2D eigenvalue weighted by Gasteiger charge is -2.06. The van der Waals surface area contributed by atoms with Crippen LogP contribution < -0.4 is 0 Å². The number of hydrogen-bond acceptors (Lipinski definition) is 1. The minimum absolute atomic E-state index is 0.187. The Balaban J connectivity index is 3.14. The number of pyridine rings is 1. The molecule has 1 rings (SSSR count). The molecular formula is C7H5ClF3N. The van der Waals surface area contributed by atoms with Crippen molar-refractivity contribution in [2.24, 2.45) is 0 Å². The molecule has 1 nitrogen and oxygen atoms in total. The number of halogens is 4. The van der Waals surface area contributed by atoms with Crippen molar-refractivity contribution in [1.29, 1.82) is 0 Å². The molecule has 0 aromatic carbocycles. The van der Waals surface area contributed by atoms with E-state index in [0.717, 1.165) is 6.07 Å². The Morgan fingerprint density at radius 2 is 1.92 bits per heavy atom. The molecule has 5 heteroatoms. The van der Waals surface area contributed by atoms with E-state index in [0.29, 0.717) is 0 Å². The standard InChI is InChI=1S/C7H5ClF3N/c1-4-5(8)2-3-6(12-4)7(9,10)11/h2-3H,1H3. The minimum Gasteiger partial charge on any atom is -0.247 e. The molecule has 0 amide bonds. The van der Waals surface area contributed by atoms with Gasteiger partial charge in [-0.25, -0.2) is 4.98 Å². The molecule has 0 aliphatic carbocycles. The van der Waals surface area contributed by atoms with Crippen LogP contribution in [-0.4, -0.2) is 4.98 Å². The number of rotatable bonds is 0. The second kappa shape index (κ2) is 2.94. The zero-order chi connectivity index (χ0) is 9.35. The highest BCUT2D eigenvalue weighted by atomic mass is 35.5. The van der Waals surface area contributed by atoms with Crippen molar-refractivity contribution in [2.75, 3.05) is 0 Å². The summed E-state index contributed by atoms with van der Waals surface area (Å²) >= 11 is 5.50. The lowest BCUT2D eigenvalue weighted by Crippen LogP contribution is -2.08. The van der Waals surface area contributed by atoms with Crippen LogP contribution in [0.15, 0.2) is 12.1 Å². The van der Waals surface area contributed by atoms with Crippen molar-refractivity contribution in [2.45, 2.75) is 13.1 Å². The Labute approximate surface area is 72.2 Å². The van der Waals surface area contributed by atoms with E-state index in [1.165, 1.54) is 13.0 Å². The van der Waals surface area contributed by atoms with Gasteiger partial charge >= 0.3 is 6.18 Å². The molecule has 1 aromatic rings. The fourth-order valence-corrected chi connectivity index (χ4v) is 0.807. The normalized spacial score (nSPS) is 11.8. The molecule has 0 fully saturated rings. The smallest absolute Gasteiger partial charge is 0.247 e. The van der Waals surface area contributed by atoms with E-state index >= 15 is 0 Å². The summed E-state index contributed by atoms with van der Waals surface area (Å²) in [5, 5.41) is 0.239. The Bertz CT molecular complexity index is 295. The second-order valence-corrected chi connectivity index (χ2v) is 2.67. The summed E-state index contributed by atoms with van der Waals surface area (Å²) < 4.78 is 36.0. The molecular weight excluding hydrogens is 191 g/mol. The number of nitrogens with zero attached hydrogens (tertiary/aromatic N) is 1. The summed E-state index contributed by atoms with van der Waals surface area (Å²) in [4.78, 5) is 3.29. The van der Waals surface area contributed by atoms with Crippen LogP contribution in [0.3, 0.4) is 0 Å². The molecule has 0 bridgehead atoms. The largest absolute Gasteiger partial charge is 0.433 e. The van der Waals surface area contributed by atoms with Crippen LogP contribution in [0.1, 0.15) is 11.4 Å². The van der Waals surface area contributed by atoms with E-state index in [4.69, 9.17) is 11.6 Å². The summed E-state index contributed by atoms with van der Waals surface area (Å²) in [7, 11) is 0. The monoisotopic (exact) mass is 195 g/mol. The van der Waals surface area contributed by atoms with Crippen LogP contribution in [0.2, 0.25) is 5.02 Å². The predicted octanol–water partition coefficient (Wildman–Crippen LogP) is 3.06. The SMILES string of the molecule is Cc1nc(C(F)(F)F)ccc1Cl. The summed E-state index contributed by atoms with van der Waals surface area (Å²) in [6, 6.07) is 2.04. The third kappa shape index (κ3) is 1.88. The van der Waals surface area contributed by atoms with E-state index in [-0.39, 0.29) is 10.7 Å². The van der Waals surface area contributed by atoms with Gasteiger partial charge in [0.15, 0.2) is 0 Å². The van der Waals surface area contributed by atoms with E-state index in [9.17, 15) is 13.2 Å². The van der Waals surface area contributed by atoms with Crippen LogP contribution in [0.4, 0.5) is 13.2 Å². The number of alkyl halides is 3. The molecule has 0 spiro atoms. The van der Waals surface area contributed by atoms with E-state index in [2.05, 4.69) is 4.98 Å². The molecule has 12 heavy (non-hydrogen) atoms. The van der Waals surface area contributed by atoms with E-state index < -0.39 is 11.9 Å². The molecule has 0 atom stereocenters. The van der Waals surface area contributed by atoms with Gasteiger partial charge in [-0.15, -0.1) is 0 Å². The maximum Gasteiger partial charge on any atom is 0.433 e. The number of aromatic nitrogens is 1. The van der Waals surface area contributed by atoms with Gasteiger partial charge in [-0.3, -0.25) is 0 Å². The van der Waals surface area contributed by atoms with Crippen molar-refractivity contribution in [1.82, 2.24) is 4.98 Å². The Hall–Kier alpha value is -0.770. The highest BCUT2D eigenvalue weighted by molar-refractivity contribution is 6.31. The van der Waals surface area contributed by atoms with Crippen molar-refractivity contribution < 1.29 is 13.2 Å². The maximum absolute atomic E-state index is 12.0. The summed E-state index contributed by atoms with van der Waals surface area (Å²) in [5.74, 6) is 0. The average Bonchev–Trinajstić information content (AvgIpc) is 1.92. The molecule has 0 aliphatic rings. The van der Waals surface area contributed by atoms with E-state index in [1.54, 1.807) is 0 Å². The predicted molar refractivity (Wildman–Crippen MR) is 39.0 cm³/mol. The van der Waals surface area contributed by atoms with Gasteiger partial charge in [0, 0.05) is 0 Å². The fraction of sp³-hybridized carbons (Fsp3) is 0.286. The van der Waals surface area contributed by atoms with Gasteiger partial charge in [0.1, 0.15) is 5.69 Å². The van der Waals surface area contributed by atoms with Crippen LogP contribution >= 0.6 is 11.6 Å². The quantitative estimate of drug-likeness (QED) is 0.620. The van der Waals surface area contributed by atoms with E-state index in [1.807, 2.05) is 0 Å². The first kappa shape index (κ1) is 9.32. The molecule has 0 saturated carbocycles. The van der Waals surface area contributed by atoms with Gasteiger partial charge in [0.05, 0.1) is 10.7 Å². The molecule has 0 saturated heterocycles. The molecule has 0 radical (unpaired) electrons. The lowest BCUT2D eigenvalue weighted by molar-refractivity contribution is -0.141. The Kier molecular flexibility index (Phi) is 2.28. The first-order valence-electron chi connectivity index (χ1n) is 3.11. The van der Waals surface area contributed by atoms with Gasteiger partial charge in [-0.05, 0) is 19.1 Å². The third-order valence-electron chi connectivity index (χ3n) is 1.31. The van der Waals surface area contributed by atoms with Crippen molar-refractivity contribution in [3.63, 3.8) is 0 Å². The molecule has 66 valence electrons. The van der Waals surface area contributed by atoms with Crippen LogP contribution in [0, 0.1) is 6.92 Å². The minimum atomic E-state index is -4.39. The summed E-state index contributed by atoms with van der Waals surface area (Å²) in [5.41, 5.74) is -0.726. The topological polar surface area (TPSA) is 12.9 Å². The van der Waals surface area contributed by atoms with Gasteiger partial charge in [-0.1, -0.05) is 11.6 Å². The van der Waals surface area contributed by atoms with Gasteiger partial charge in [0.2, 0.25) is 0 Å². The zero-order valence-corrected chi connectivity index (χ0v) is 6.87. The second-order valence-electron chi connectivity index (χ2n) is 2.26. The highest BCUT2D eigenvalue weighted by Gasteiger charge is 2.32. The first-order chi connectivity index (χ1) is 5.41. The molecule has 0 aliphatic heterocycles. The number of hydrogen-bond donors (Lipinski definition) is 0. The van der Waals surface area contributed by atoms with Crippen LogP contribution in [0.5, 0.6) is 0 Å². The highest BCUT2D eigenvalue weighted by Crippen LogP contribution is 2.28. The number of aryl methyl sites for hydroxylation is 1. The van der Waals surface area contributed by atoms with Gasteiger partial charge in [0.25, 0.3) is 0 Å². The first-order valence-corrected chi connectivity index (χ1v) is 3.49. The molecule has 1 heterocycles.